The number of ether oxygens (including phenoxy) is 1. The molecule has 0 bridgehead atoms. The van der Waals surface area contributed by atoms with Crippen molar-refractivity contribution in [1.29, 1.82) is 0 Å². The first-order valence-electron chi connectivity index (χ1n) is 14.9. The molecule has 0 radical (unpaired) electrons. The molecule has 1 amide bonds. The Morgan fingerprint density at radius 2 is 1.22 bits per heavy atom. The van der Waals surface area contributed by atoms with Gasteiger partial charge in [0, 0.05) is 23.1 Å². The average Bonchev–Trinajstić information content (AvgIpc) is 2.84. The molecule has 226 valence electrons. The fraction of sp³-hybridized carbons (Fsp3) is 0.583. The van der Waals surface area contributed by atoms with E-state index in [4.69, 9.17) is 4.74 Å². The Hall–Kier alpha value is -2.95. The highest BCUT2D eigenvalue weighted by atomic mass is 16.5. The number of rotatable bonds is 11. The lowest BCUT2D eigenvalue weighted by atomic mass is 9.54. The molecular formula is C36H53NO4. The smallest absolute Gasteiger partial charge is 0.314 e. The maximum Gasteiger partial charge on any atom is 0.314 e. The van der Waals surface area contributed by atoms with E-state index in [2.05, 4.69) is 74.6 Å². The summed E-state index contributed by atoms with van der Waals surface area (Å²) in [7, 11) is 0. The standard InChI is InChI=1S/C36H53NO4/c1-24(2)37-31(39)28(22-33(3,4)5)36(11,12)35(9,10)23-29(34(6,7)8)32(40)41-27-20-18-26(19-21-27)30(38)25-16-14-13-15-17-25/h13-21,24,28-29H,22-23H2,1-12H3,(H,37,39). The molecule has 5 heteroatoms. The molecule has 2 unspecified atom stereocenters. The normalized spacial score (nSPS) is 14.4. The minimum atomic E-state index is -0.414. The van der Waals surface area contributed by atoms with Crippen molar-refractivity contribution in [3.8, 4) is 5.75 Å². The number of carbonyl (C=O) groups is 3. The van der Waals surface area contributed by atoms with Gasteiger partial charge in [-0.3, -0.25) is 14.4 Å². The quantitative estimate of drug-likeness (QED) is 0.169. The third-order valence-corrected chi connectivity index (χ3v) is 8.59. The van der Waals surface area contributed by atoms with Gasteiger partial charge < -0.3 is 10.1 Å². The molecule has 0 heterocycles. The van der Waals surface area contributed by atoms with E-state index >= 15 is 0 Å². The molecule has 2 rings (SSSR count). The molecule has 0 aliphatic carbocycles. The molecular weight excluding hydrogens is 510 g/mol. The van der Waals surface area contributed by atoms with Crippen LogP contribution < -0.4 is 10.1 Å². The van der Waals surface area contributed by atoms with Crippen LogP contribution in [0.15, 0.2) is 54.6 Å². The van der Waals surface area contributed by atoms with Crippen LogP contribution in [0.2, 0.25) is 0 Å². The van der Waals surface area contributed by atoms with Crippen LogP contribution in [-0.2, 0) is 9.59 Å². The molecule has 0 aromatic heterocycles. The summed E-state index contributed by atoms with van der Waals surface area (Å²) in [6.45, 7) is 25.3. The van der Waals surface area contributed by atoms with Crippen LogP contribution in [0.3, 0.4) is 0 Å². The van der Waals surface area contributed by atoms with Gasteiger partial charge in [0.1, 0.15) is 5.75 Å². The summed E-state index contributed by atoms with van der Waals surface area (Å²) in [6, 6.07) is 15.9. The molecule has 0 aliphatic rings. The maximum atomic E-state index is 13.7. The van der Waals surface area contributed by atoms with Crippen molar-refractivity contribution in [3.63, 3.8) is 0 Å². The van der Waals surface area contributed by atoms with Crippen LogP contribution in [0.5, 0.6) is 5.75 Å². The van der Waals surface area contributed by atoms with Crippen LogP contribution >= 0.6 is 0 Å². The molecule has 2 aromatic carbocycles. The number of esters is 1. The van der Waals surface area contributed by atoms with Crippen LogP contribution in [-0.4, -0.2) is 23.7 Å². The zero-order valence-corrected chi connectivity index (χ0v) is 27.5. The number of benzene rings is 2. The van der Waals surface area contributed by atoms with Crippen LogP contribution in [0.25, 0.3) is 0 Å². The van der Waals surface area contributed by atoms with Crippen LogP contribution in [0, 0.1) is 33.5 Å². The minimum absolute atomic E-state index is 0.0389. The van der Waals surface area contributed by atoms with Crippen molar-refractivity contribution in [2.24, 2.45) is 33.5 Å². The Balaban J connectivity index is 2.31. The Kier molecular flexibility index (Phi) is 10.8. The van der Waals surface area contributed by atoms with Gasteiger partial charge in [-0.25, -0.2) is 0 Å². The van der Waals surface area contributed by atoms with E-state index < -0.39 is 11.3 Å². The number of hydrogen-bond donors (Lipinski definition) is 1. The molecule has 41 heavy (non-hydrogen) atoms. The van der Waals surface area contributed by atoms with Gasteiger partial charge in [0.25, 0.3) is 0 Å². The summed E-state index contributed by atoms with van der Waals surface area (Å²) in [5.41, 5.74) is -0.0452. The largest absolute Gasteiger partial charge is 0.426 e. The minimum Gasteiger partial charge on any atom is -0.426 e. The lowest BCUT2D eigenvalue weighted by molar-refractivity contribution is -0.147. The van der Waals surface area contributed by atoms with Gasteiger partial charge in [0.2, 0.25) is 5.91 Å². The molecule has 2 atom stereocenters. The van der Waals surface area contributed by atoms with Gasteiger partial charge in [0.15, 0.2) is 5.78 Å². The lowest BCUT2D eigenvalue weighted by Crippen LogP contribution is -2.50. The highest BCUT2D eigenvalue weighted by Crippen LogP contribution is 2.53. The number of nitrogens with one attached hydrogen (secondary N) is 1. The first-order chi connectivity index (χ1) is 18.7. The molecule has 0 fully saturated rings. The van der Waals surface area contributed by atoms with E-state index in [1.54, 1.807) is 36.4 Å². The fourth-order valence-electron chi connectivity index (χ4n) is 5.28. The summed E-state index contributed by atoms with van der Waals surface area (Å²) >= 11 is 0. The molecule has 0 saturated carbocycles. The predicted molar refractivity (Wildman–Crippen MR) is 168 cm³/mol. The second-order valence-electron chi connectivity index (χ2n) is 15.3. The van der Waals surface area contributed by atoms with E-state index in [9.17, 15) is 14.4 Å². The van der Waals surface area contributed by atoms with Gasteiger partial charge in [-0.05, 0) is 72.6 Å². The van der Waals surface area contributed by atoms with E-state index in [1.807, 2.05) is 32.0 Å². The Bertz CT molecular complexity index is 1180. The van der Waals surface area contributed by atoms with Crippen molar-refractivity contribution in [1.82, 2.24) is 5.32 Å². The van der Waals surface area contributed by atoms with E-state index in [0.29, 0.717) is 23.3 Å². The van der Waals surface area contributed by atoms with Crippen LogP contribution in [0.1, 0.15) is 112 Å². The van der Waals surface area contributed by atoms with Crippen molar-refractivity contribution in [2.45, 2.75) is 102 Å². The molecule has 0 spiro atoms. The second kappa shape index (κ2) is 12.9. The van der Waals surface area contributed by atoms with Crippen molar-refractivity contribution in [2.75, 3.05) is 0 Å². The Morgan fingerprint density at radius 1 is 0.707 bits per heavy atom. The number of ketones is 1. The molecule has 2 aromatic rings. The summed E-state index contributed by atoms with van der Waals surface area (Å²) < 4.78 is 5.91. The predicted octanol–water partition coefficient (Wildman–Crippen LogP) is 8.50. The van der Waals surface area contributed by atoms with Gasteiger partial charge in [-0.15, -0.1) is 0 Å². The molecule has 0 aliphatic heterocycles. The van der Waals surface area contributed by atoms with Gasteiger partial charge >= 0.3 is 5.97 Å². The monoisotopic (exact) mass is 563 g/mol. The zero-order chi connectivity index (χ0) is 31.4. The van der Waals surface area contributed by atoms with E-state index in [-0.39, 0.29) is 45.9 Å². The van der Waals surface area contributed by atoms with Crippen molar-refractivity contribution in [3.05, 3.63) is 65.7 Å². The van der Waals surface area contributed by atoms with Gasteiger partial charge in [-0.1, -0.05) is 99.6 Å². The second-order valence-corrected chi connectivity index (χ2v) is 15.3. The number of carbonyl (C=O) groups excluding carboxylic acids is 3. The van der Waals surface area contributed by atoms with E-state index in [1.165, 1.54) is 0 Å². The maximum absolute atomic E-state index is 13.7. The van der Waals surface area contributed by atoms with Crippen molar-refractivity contribution >= 4 is 17.7 Å². The Labute approximate surface area is 248 Å². The molecule has 0 saturated heterocycles. The number of hydrogen-bond acceptors (Lipinski definition) is 4. The number of amides is 1. The molecule has 5 nitrogen and oxygen atoms in total. The summed E-state index contributed by atoms with van der Waals surface area (Å²) in [5.74, 6) is -0.549. The average molecular weight is 564 g/mol. The topological polar surface area (TPSA) is 72.5 Å². The third-order valence-electron chi connectivity index (χ3n) is 8.59. The van der Waals surface area contributed by atoms with Gasteiger partial charge in [0.05, 0.1) is 5.92 Å². The first-order valence-corrected chi connectivity index (χ1v) is 14.9. The van der Waals surface area contributed by atoms with E-state index in [0.717, 1.165) is 6.42 Å². The van der Waals surface area contributed by atoms with Crippen LogP contribution in [0.4, 0.5) is 0 Å². The first kappa shape index (κ1) is 34.3. The fourth-order valence-corrected chi connectivity index (χ4v) is 5.28. The highest BCUT2D eigenvalue weighted by Gasteiger charge is 2.50. The molecule has 1 N–H and O–H groups in total. The summed E-state index contributed by atoms with van der Waals surface area (Å²) in [5, 5.41) is 3.15. The zero-order valence-electron chi connectivity index (χ0n) is 27.5. The Morgan fingerprint density at radius 3 is 1.68 bits per heavy atom. The lowest BCUT2D eigenvalue weighted by Gasteiger charge is -2.50. The summed E-state index contributed by atoms with van der Waals surface area (Å²) in [4.78, 5) is 40.0. The van der Waals surface area contributed by atoms with Gasteiger partial charge in [-0.2, -0.15) is 0 Å². The third kappa shape index (κ3) is 9.28. The highest BCUT2D eigenvalue weighted by molar-refractivity contribution is 6.09. The van der Waals surface area contributed by atoms with Crippen molar-refractivity contribution < 1.29 is 19.1 Å². The summed E-state index contributed by atoms with van der Waals surface area (Å²) in [6.07, 6.45) is 1.29. The SMILES string of the molecule is CC(C)NC(=O)C(CC(C)(C)C)C(C)(C)C(C)(C)CC(C(=O)Oc1ccc(C(=O)c2ccccc2)cc1)C(C)(C)C.